The Morgan fingerprint density at radius 2 is 0.458 bits per heavy atom. The maximum Gasteiger partial charge on any atom is 0.0737 e. The van der Waals surface area contributed by atoms with Crippen molar-refractivity contribution in [3.63, 3.8) is 0 Å². The van der Waals surface area contributed by atoms with Crippen molar-refractivity contribution in [3.8, 4) is 44.5 Å². The van der Waals surface area contributed by atoms with Gasteiger partial charge < -0.3 is 9.97 Å². The minimum absolute atomic E-state index is 0.934. The number of nitrogens with one attached hydrogen (secondary N) is 2. The monoisotopic (exact) mass is 951 g/mol. The lowest BCUT2D eigenvalue weighted by molar-refractivity contribution is 0.982. The Labute approximate surface area is 431 Å². The summed E-state index contributed by atoms with van der Waals surface area (Å²) in [6.07, 6.45) is 20.9. The molecule has 9 rings (SSSR count). The van der Waals surface area contributed by atoms with Crippen LogP contribution in [0.1, 0.15) is 173 Å². The van der Waals surface area contributed by atoms with Gasteiger partial charge in [0.15, 0.2) is 0 Å². The second-order valence-corrected chi connectivity index (χ2v) is 19.7. The first-order chi connectivity index (χ1) is 35.2. The van der Waals surface area contributed by atoms with Gasteiger partial charge in [-0.05, 0) is 215 Å². The Bertz CT molecular complexity index is 2990. The number of aryl methyl sites for hydroxylation is 4. The molecular weight excluding hydrogens is 873 g/mol. The van der Waals surface area contributed by atoms with Gasteiger partial charge in [-0.15, -0.1) is 0 Å². The van der Waals surface area contributed by atoms with Gasteiger partial charge in [0.1, 0.15) is 0 Å². The third kappa shape index (κ3) is 8.63. The summed E-state index contributed by atoms with van der Waals surface area (Å²) in [4.78, 5) is 19.9. The normalized spacial score (nSPS) is 12.2. The van der Waals surface area contributed by atoms with Crippen molar-refractivity contribution < 1.29 is 0 Å². The molecule has 3 aromatic heterocycles. The first kappa shape index (κ1) is 50.4. The topological polar surface area (TPSA) is 57.4 Å². The molecule has 0 amide bonds. The van der Waals surface area contributed by atoms with Crippen LogP contribution >= 0.6 is 0 Å². The van der Waals surface area contributed by atoms with Crippen molar-refractivity contribution in [2.24, 2.45) is 0 Å². The maximum atomic E-state index is 5.83. The van der Waals surface area contributed by atoms with Crippen LogP contribution in [0.25, 0.3) is 90.9 Å². The summed E-state index contributed by atoms with van der Waals surface area (Å²) < 4.78 is 0. The van der Waals surface area contributed by atoms with Crippen molar-refractivity contribution >= 4 is 46.4 Å². The standard InChI is InChI=1S/C68H78N4/c1-13-41-25-29-53(49(21-9)45(41)17-5)65-57-33-35-59(69-57)66(54-30-26-42(14-2)46(18-6)50(54)22-10)61-37-39-63(71-61)68(56-32-28-44(16-4)48(20-8)52(56)24-12)64-40-38-62(72-64)67(60-36-34-58(65)70-60)55-31-27-43(15-3)47(19-7)51(55)23-11/h25-40,69,72H,13-24H2,1-12H3. The second kappa shape index (κ2) is 21.7. The molecule has 7 aromatic rings. The fraction of sp³-hybridized carbons (Fsp3) is 0.353. The number of hydrogen-bond donors (Lipinski definition) is 2. The first-order valence-corrected chi connectivity index (χ1v) is 27.9. The van der Waals surface area contributed by atoms with E-state index < -0.39 is 0 Å². The van der Waals surface area contributed by atoms with E-state index in [1.165, 1.54) is 89.0 Å². The molecule has 0 spiro atoms. The minimum atomic E-state index is 0.934. The summed E-state index contributed by atoms with van der Waals surface area (Å²) in [6.45, 7) is 27.7. The fourth-order valence-corrected chi connectivity index (χ4v) is 12.9. The molecule has 4 nitrogen and oxygen atoms in total. The Balaban J connectivity index is 1.54. The average Bonchev–Trinajstić information content (AvgIpc) is 4.28. The van der Waals surface area contributed by atoms with Crippen LogP contribution in [0, 0.1) is 0 Å². The zero-order valence-electron chi connectivity index (χ0n) is 45.6. The molecule has 0 fully saturated rings. The molecule has 0 unspecified atom stereocenters. The highest BCUT2D eigenvalue weighted by molar-refractivity contribution is 6.01. The lowest BCUT2D eigenvalue weighted by atomic mass is 9.88. The third-order valence-electron chi connectivity index (χ3n) is 16.3. The highest BCUT2D eigenvalue weighted by Crippen LogP contribution is 2.43. The van der Waals surface area contributed by atoms with Gasteiger partial charge in [0.05, 0.1) is 22.8 Å². The molecule has 0 radical (unpaired) electrons. The Kier molecular flexibility index (Phi) is 15.2. The van der Waals surface area contributed by atoms with Crippen LogP contribution < -0.4 is 0 Å². The highest BCUT2D eigenvalue weighted by atomic mass is 14.8. The summed E-state index contributed by atoms with van der Waals surface area (Å²) in [5.41, 5.74) is 34.9. The Hall–Kier alpha value is -6.52. The smallest absolute Gasteiger partial charge is 0.0737 e. The molecular formula is C68H78N4. The van der Waals surface area contributed by atoms with Crippen LogP contribution in [0.15, 0.2) is 72.8 Å². The summed E-state index contributed by atoms with van der Waals surface area (Å²) in [5, 5.41) is 0. The van der Waals surface area contributed by atoms with E-state index in [2.05, 4.69) is 190 Å². The molecule has 5 heterocycles. The molecule has 0 saturated carbocycles. The number of rotatable bonds is 16. The van der Waals surface area contributed by atoms with Gasteiger partial charge in [-0.1, -0.05) is 132 Å². The van der Waals surface area contributed by atoms with Crippen LogP contribution in [-0.4, -0.2) is 19.9 Å². The van der Waals surface area contributed by atoms with Gasteiger partial charge >= 0.3 is 0 Å². The van der Waals surface area contributed by atoms with Crippen LogP contribution in [-0.2, 0) is 77.0 Å². The molecule has 0 aliphatic carbocycles. The van der Waals surface area contributed by atoms with Crippen molar-refractivity contribution in [3.05, 3.63) is 162 Å². The molecule has 0 saturated heterocycles. The molecule has 8 bridgehead atoms. The number of aromatic nitrogens is 4. The van der Waals surface area contributed by atoms with E-state index in [-0.39, 0.29) is 0 Å². The van der Waals surface area contributed by atoms with Crippen LogP contribution in [0.5, 0.6) is 0 Å². The quantitative estimate of drug-likeness (QED) is 0.101. The number of benzene rings is 4. The minimum Gasteiger partial charge on any atom is -0.354 e. The molecule has 4 heteroatoms. The van der Waals surface area contributed by atoms with Gasteiger partial charge in [-0.2, -0.15) is 0 Å². The molecule has 2 aliphatic rings. The van der Waals surface area contributed by atoms with Crippen molar-refractivity contribution in [1.29, 1.82) is 0 Å². The third-order valence-corrected chi connectivity index (χ3v) is 16.3. The highest BCUT2D eigenvalue weighted by Gasteiger charge is 2.25. The van der Waals surface area contributed by atoms with Gasteiger partial charge in [-0.25, -0.2) is 9.97 Å². The second-order valence-electron chi connectivity index (χ2n) is 19.7. The summed E-state index contributed by atoms with van der Waals surface area (Å²) in [5.74, 6) is 0. The van der Waals surface area contributed by atoms with Gasteiger partial charge in [-0.3, -0.25) is 0 Å². The lowest BCUT2D eigenvalue weighted by Gasteiger charge is -2.18. The van der Waals surface area contributed by atoms with Gasteiger partial charge in [0.25, 0.3) is 0 Å². The van der Waals surface area contributed by atoms with Crippen LogP contribution in [0.4, 0.5) is 0 Å². The maximum absolute atomic E-state index is 5.83. The fourth-order valence-electron chi connectivity index (χ4n) is 12.9. The molecule has 0 atom stereocenters. The Morgan fingerprint density at radius 3 is 0.639 bits per heavy atom. The molecule has 72 heavy (non-hydrogen) atoms. The number of fused-ring (bicyclic) bond motifs is 8. The van der Waals surface area contributed by atoms with Crippen molar-refractivity contribution in [1.82, 2.24) is 19.9 Å². The van der Waals surface area contributed by atoms with Crippen LogP contribution in [0.2, 0.25) is 0 Å². The SMILES string of the molecule is CCc1ccc(-c2c3nc(c(-c4ccc(CC)c(CC)c4CC)c4ccc([nH]4)c(-c4ccc(CC)c(CC)c4CC)c4nc(c(-c5ccc(CC)c(CC)c5CC)c5ccc2[nH]5)C=C4)C=C3)c(CC)c1CC. The first-order valence-electron chi connectivity index (χ1n) is 27.9. The predicted molar refractivity (Wildman–Crippen MR) is 313 cm³/mol. The lowest BCUT2D eigenvalue weighted by Crippen LogP contribution is -2.02. The van der Waals surface area contributed by atoms with E-state index in [0.29, 0.717) is 0 Å². The van der Waals surface area contributed by atoms with Crippen molar-refractivity contribution in [2.75, 3.05) is 0 Å². The molecule has 2 aliphatic heterocycles. The van der Waals surface area contributed by atoms with E-state index in [1.807, 2.05) is 0 Å². The number of aromatic amines is 2. The number of hydrogen-bond acceptors (Lipinski definition) is 2. The van der Waals surface area contributed by atoms with E-state index in [9.17, 15) is 0 Å². The summed E-state index contributed by atoms with van der Waals surface area (Å²) >= 11 is 0. The number of H-pyrrole nitrogens is 2. The average molecular weight is 951 g/mol. The van der Waals surface area contributed by atoms with E-state index in [4.69, 9.17) is 9.97 Å². The molecule has 2 N–H and O–H groups in total. The largest absolute Gasteiger partial charge is 0.354 e. The molecule has 370 valence electrons. The van der Waals surface area contributed by atoms with Crippen LogP contribution in [0.3, 0.4) is 0 Å². The summed E-state index contributed by atoms with van der Waals surface area (Å²) in [7, 11) is 0. The van der Waals surface area contributed by atoms with Gasteiger partial charge in [0, 0.05) is 44.3 Å². The van der Waals surface area contributed by atoms with Gasteiger partial charge in [0.2, 0.25) is 0 Å². The predicted octanol–water partition coefficient (Wildman–Crippen LogP) is 18.1. The van der Waals surface area contributed by atoms with E-state index in [0.717, 1.165) is 144 Å². The zero-order valence-corrected chi connectivity index (χ0v) is 45.6. The van der Waals surface area contributed by atoms with E-state index in [1.54, 1.807) is 0 Å². The van der Waals surface area contributed by atoms with Crippen molar-refractivity contribution in [2.45, 2.75) is 160 Å². The Morgan fingerprint density at radius 1 is 0.250 bits per heavy atom. The van der Waals surface area contributed by atoms with E-state index >= 15 is 0 Å². The summed E-state index contributed by atoms with van der Waals surface area (Å²) in [6, 6.07) is 28.3. The number of nitrogens with zero attached hydrogens (tertiary/aromatic N) is 2. The molecule has 4 aromatic carbocycles. The zero-order chi connectivity index (χ0) is 50.8.